The molecule has 0 saturated heterocycles. The third kappa shape index (κ3) is 2.47. The lowest BCUT2D eigenvalue weighted by molar-refractivity contribution is 0.265. The lowest BCUT2D eigenvalue weighted by atomic mass is 10.2. The maximum absolute atomic E-state index is 12.1. The second-order valence-electron chi connectivity index (χ2n) is 4.23. The summed E-state index contributed by atoms with van der Waals surface area (Å²) in [4.78, 5) is 4.39. The van der Waals surface area contributed by atoms with Crippen molar-refractivity contribution < 1.29 is 9.50 Å². The number of hydrogen-bond donors (Lipinski definition) is 1. The van der Waals surface area contributed by atoms with Gasteiger partial charge in [0.05, 0.1) is 17.7 Å². The molecule has 0 amide bonds. The van der Waals surface area contributed by atoms with Gasteiger partial charge in [-0.2, -0.15) is 0 Å². The minimum absolute atomic E-state index is 0.0800. The summed E-state index contributed by atoms with van der Waals surface area (Å²) in [5.41, 5.74) is 3.06. The van der Waals surface area contributed by atoms with Crippen LogP contribution in [-0.2, 0) is 13.2 Å². The van der Waals surface area contributed by atoms with E-state index in [0.29, 0.717) is 18.8 Å². The second-order valence-corrected chi connectivity index (χ2v) is 4.23. The first-order valence-corrected chi connectivity index (χ1v) is 5.89. The molecule has 92 valence electrons. The van der Waals surface area contributed by atoms with Crippen LogP contribution in [0.25, 0.3) is 11.0 Å². The van der Waals surface area contributed by atoms with Crippen molar-refractivity contribution in [3.05, 3.63) is 29.6 Å². The summed E-state index contributed by atoms with van der Waals surface area (Å²) in [6.45, 7) is 2.35. The smallest absolute Gasteiger partial charge is 0.135 e. The summed E-state index contributed by atoms with van der Waals surface area (Å²) in [5.74, 6) is 0.657. The van der Waals surface area contributed by atoms with Crippen molar-refractivity contribution in [2.45, 2.75) is 32.9 Å². The number of hydrogen-bond acceptors (Lipinski definition) is 2. The van der Waals surface area contributed by atoms with Gasteiger partial charge in [-0.25, -0.2) is 4.98 Å². The number of aliphatic hydroxyl groups excluding tert-OH is 1. The highest BCUT2D eigenvalue weighted by atomic mass is 19.1. The highest BCUT2D eigenvalue weighted by Crippen LogP contribution is 2.18. The molecule has 1 aromatic carbocycles. The van der Waals surface area contributed by atoms with Crippen LogP contribution in [0.3, 0.4) is 0 Å². The lowest BCUT2D eigenvalue weighted by Gasteiger charge is -2.06. The number of alkyl halides is 1. The maximum Gasteiger partial charge on any atom is 0.135 e. The number of unbranched alkanes of at least 4 members (excludes halogenated alkanes) is 1. The predicted molar refractivity (Wildman–Crippen MR) is 65.6 cm³/mol. The van der Waals surface area contributed by atoms with Crippen LogP contribution in [0, 0.1) is 6.92 Å². The van der Waals surface area contributed by atoms with E-state index in [1.165, 1.54) is 0 Å². The van der Waals surface area contributed by atoms with Gasteiger partial charge in [0.2, 0.25) is 0 Å². The van der Waals surface area contributed by atoms with Crippen molar-refractivity contribution in [2.24, 2.45) is 0 Å². The van der Waals surface area contributed by atoms with Gasteiger partial charge in [0, 0.05) is 6.54 Å². The Morgan fingerprint density at radius 1 is 1.35 bits per heavy atom. The molecule has 0 aliphatic heterocycles. The molecule has 1 N–H and O–H groups in total. The van der Waals surface area contributed by atoms with Crippen LogP contribution in [-0.4, -0.2) is 21.3 Å². The molecule has 0 unspecified atom stereocenters. The summed E-state index contributed by atoms with van der Waals surface area (Å²) in [6.07, 6.45) is 1.32. The van der Waals surface area contributed by atoms with Crippen molar-refractivity contribution in [1.82, 2.24) is 9.55 Å². The molecule has 1 aromatic heterocycles. The van der Waals surface area contributed by atoms with E-state index in [2.05, 4.69) is 4.98 Å². The van der Waals surface area contributed by atoms with Gasteiger partial charge in [-0.05, 0) is 37.5 Å². The van der Waals surface area contributed by atoms with Gasteiger partial charge >= 0.3 is 0 Å². The highest BCUT2D eigenvalue weighted by Gasteiger charge is 2.09. The minimum atomic E-state index is -0.291. The van der Waals surface area contributed by atoms with Crippen LogP contribution in [0.4, 0.5) is 4.39 Å². The molecule has 0 aliphatic rings. The van der Waals surface area contributed by atoms with E-state index in [9.17, 15) is 9.50 Å². The quantitative estimate of drug-likeness (QED) is 0.810. The third-order valence-corrected chi connectivity index (χ3v) is 2.89. The van der Waals surface area contributed by atoms with Crippen LogP contribution in [0.15, 0.2) is 18.2 Å². The number of fused-ring (bicyclic) bond motifs is 1. The first kappa shape index (κ1) is 12.0. The lowest BCUT2D eigenvalue weighted by Crippen LogP contribution is -2.04. The van der Waals surface area contributed by atoms with E-state index >= 15 is 0 Å². The molecule has 17 heavy (non-hydrogen) atoms. The van der Waals surface area contributed by atoms with E-state index in [0.717, 1.165) is 23.0 Å². The molecule has 0 radical (unpaired) electrons. The molecular formula is C13H17FN2O. The van der Waals surface area contributed by atoms with Gasteiger partial charge in [-0.15, -0.1) is 0 Å². The summed E-state index contributed by atoms with van der Waals surface area (Å²) < 4.78 is 14.1. The number of aromatic nitrogens is 2. The van der Waals surface area contributed by atoms with E-state index in [1.54, 1.807) is 0 Å². The van der Waals surface area contributed by atoms with Crippen molar-refractivity contribution in [3.63, 3.8) is 0 Å². The zero-order chi connectivity index (χ0) is 12.3. The minimum Gasteiger partial charge on any atom is -0.388 e. The molecule has 3 nitrogen and oxygen atoms in total. The van der Waals surface area contributed by atoms with Crippen LogP contribution < -0.4 is 0 Å². The van der Waals surface area contributed by atoms with Crippen LogP contribution >= 0.6 is 0 Å². The van der Waals surface area contributed by atoms with Gasteiger partial charge in [0.25, 0.3) is 0 Å². The monoisotopic (exact) mass is 236 g/mol. The van der Waals surface area contributed by atoms with E-state index in [4.69, 9.17) is 0 Å². The Morgan fingerprint density at radius 2 is 2.18 bits per heavy atom. The summed E-state index contributed by atoms with van der Waals surface area (Å²) in [5, 5.41) is 9.29. The van der Waals surface area contributed by atoms with Crippen molar-refractivity contribution in [3.8, 4) is 0 Å². The number of benzene rings is 1. The van der Waals surface area contributed by atoms with Crippen molar-refractivity contribution >= 4 is 11.0 Å². The van der Waals surface area contributed by atoms with Crippen molar-refractivity contribution in [2.75, 3.05) is 6.67 Å². The molecule has 0 spiro atoms. The average molecular weight is 236 g/mol. The van der Waals surface area contributed by atoms with Gasteiger partial charge in [-0.1, -0.05) is 6.07 Å². The average Bonchev–Trinajstić information content (AvgIpc) is 2.67. The molecule has 0 saturated carbocycles. The third-order valence-electron chi connectivity index (χ3n) is 2.89. The van der Waals surface area contributed by atoms with E-state index in [-0.39, 0.29) is 13.3 Å². The Labute approximate surface area is 99.9 Å². The topological polar surface area (TPSA) is 38.1 Å². The zero-order valence-electron chi connectivity index (χ0n) is 9.99. The Hall–Kier alpha value is -1.42. The van der Waals surface area contributed by atoms with Gasteiger partial charge < -0.3 is 9.67 Å². The van der Waals surface area contributed by atoms with Gasteiger partial charge in [0.1, 0.15) is 12.4 Å². The molecule has 1 heterocycles. The number of nitrogens with zero attached hydrogens (tertiary/aromatic N) is 2. The number of aryl methyl sites for hydroxylation is 2. The molecule has 0 atom stereocenters. The molecule has 2 rings (SSSR count). The molecular weight excluding hydrogens is 219 g/mol. The number of rotatable bonds is 5. The SMILES string of the molecule is Cc1ccc2c(c1)nc(CO)n2CCCCF. The molecule has 2 aromatic rings. The molecule has 0 bridgehead atoms. The van der Waals surface area contributed by atoms with Crippen LogP contribution in [0.1, 0.15) is 24.2 Å². The van der Waals surface area contributed by atoms with E-state index < -0.39 is 0 Å². The first-order chi connectivity index (χ1) is 8.26. The molecule has 0 fully saturated rings. The summed E-state index contributed by atoms with van der Waals surface area (Å²) in [7, 11) is 0. The molecule has 0 aliphatic carbocycles. The fraction of sp³-hybridized carbons (Fsp3) is 0.462. The first-order valence-electron chi connectivity index (χ1n) is 5.89. The summed E-state index contributed by atoms with van der Waals surface area (Å²) in [6, 6.07) is 6.03. The Balaban J connectivity index is 2.36. The number of halogens is 1. The number of aliphatic hydroxyl groups is 1. The van der Waals surface area contributed by atoms with Crippen LogP contribution in [0.5, 0.6) is 0 Å². The molecule has 4 heteroatoms. The zero-order valence-corrected chi connectivity index (χ0v) is 9.99. The fourth-order valence-corrected chi connectivity index (χ4v) is 2.02. The Bertz CT molecular complexity index is 507. The summed E-state index contributed by atoms with van der Waals surface area (Å²) >= 11 is 0. The van der Waals surface area contributed by atoms with E-state index in [1.807, 2.05) is 29.7 Å². The Kier molecular flexibility index (Phi) is 3.74. The van der Waals surface area contributed by atoms with Gasteiger partial charge in [0.15, 0.2) is 0 Å². The van der Waals surface area contributed by atoms with Crippen LogP contribution in [0.2, 0.25) is 0 Å². The van der Waals surface area contributed by atoms with Gasteiger partial charge in [-0.3, -0.25) is 4.39 Å². The van der Waals surface area contributed by atoms with Crippen molar-refractivity contribution in [1.29, 1.82) is 0 Å². The Morgan fingerprint density at radius 3 is 2.88 bits per heavy atom. The number of imidazole rings is 1. The standard InChI is InChI=1S/C13H17FN2O/c1-10-4-5-12-11(8-10)15-13(9-17)16(12)7-3-2-6-14/h4-5,8,17H,2-3,6-7,9H2,1H3. The fourth-order valence-electron chi connectivity index (χ4n) is 2.02. The normalized spacial score (nSPS) is 11.2. The largest absolute Gasteiger partial charge is 0.388 e. The predicted octanol–water partition coefficient (Wildman–Crippen LogP) is 2.59. The maximum atomic E-state index is 12.1. The second kappa shape index (κ2) is 5.27. The highest BCUT2D eigenvalue weighted by molar-refractivity contribution is 5.76.